The Bertz CT molecular complexity index is 839. The molecule has 3 rings (SSSR count). The van der Waals surface area contributed by atoms with E-state index in [0.29, 0.717) is 11.3 Å². The molecule has 0 aliphatic rings. The first kappa shape index (κ1) is 14.4. The summed E-state index contributed by atoms with van der Waals surface area (Å²) in [6, 6.07) is 13.1. The minimum absolute atomic E-state index is 0.257. The van der Waals surface area contributed by atoms with Crippen molar-refractivity contribution in [3.8, 4) is 0 Å². The number of fused-ring (bicyclic) bond motifs is 1. The van der Waals surface area contributed by atoms with Gasteiger partial charge in [0.2, 0.25) is 0 Å². The van der Waals surface area contributed by atoms with Crippen molar-refractivity contribution in [2.45, 2.75) is 6.92 Å². The van der Waals surface area contributed by atoms with Gasteiger partial charge in [-0.2, -0.15) is 0 Å². The first-order valence-corrected chi connectivity index (χ1v) is 7.88. The second-order valence-electron chi connectivity index (χ2n) is 4.71. The Morgan fingerprint density at radius 1 is 1.05 bits per heavy atom. The molecule has 5 heteroatoms. The van der Waals surface area contributed by atoms with Crippen molar-refractivity contribution in [3.05, 3.63) is 62.7 Å². The van der Waals surface area contributed by atoms with Gasteiger partial charge in [-0.05, 0) is 55.0 Å². The van der Waals surface area contributed by atoms with Crippen LogP contribution in [-0.4, -0.2) is 5.91 Å². The molecule has 1 amide bonds. The molecule has 0 saturated carbocycles. The summed E-state index contributed by atoms with van der Waals surface area (Å²) in [6.45, 7) is 1.94. The maximum absolute atomic E-state index is 12.3. The fraction of sp³-hybridized carbons (Fsp3) is 0.0625. The fourth-order valence-corrected chi connectivity index (χ4v) is 2.93. The van der Waals surface area contributed by atoms with Crippen molar-refractivity contribution < 1.29 is 9.21 Å². The van der Waals surface area contributed by atoms with Gasteiger partial charge in [0.15, 0.2) is 5.76 Å². The zero-order valence-corrected chi connectivity index (χ0v) is 14.3. The van der Waals surface area contributed by atoms with E-state index in [1.165, 1.54) is 0 Å². The first-order valence-electron chi connectivity index (χ1n) is 6.29. The number of halogens is 2. The number of carbonyl (C=O) groups is 1. The van der Waals surface area contributed by atoms with E-state index >= 15 is 0 Å². The third-order valence-electron chi connectivity index (χ3n) is 3.14. The standard InChI is InChI=1S/C16H11Br2NO2/c1-9-6-11(17)2-4-13(9)19-16(20)15-8-10-7-12(18)3-5-14(10)21-15/h2-8H,1H3,(H,19,20). The van der Waals surface area contributed by atoms with Crippen molar-refractivity contribution in [1.82, 2.24) is 0 Å². The lowest BCUT2D eigenvalue weighted by Gasteiger charge is -2.07. The van der Waals surface area contributed by atoms with Gasteiger partial charge < -0.3 is 9.73 Å². The summed E-state index contributed by atoms with van der Waals surface area (Å²) in [5.74, 6) is 0.0400. The third-order valence-corrected chi connectivity index (χ3v) is 4.13. The lowest BCUT2D eigenvalue weighted by molar-refractivity contribution is 0.0998. The van der Waals surface area contributed by atoms with E-state index in [4.69, 9.17) is 4.42 Å². The van der Waals surface area contributed by atoms with E-state index in [9.17, 15) is 4.79 Å². The molecule has 0 radical (unpaired) electrons. The molecule has 3 aromatic rings. The Kier molecular flexibility index (Phi) is 3.87. The lowest BCUT2D eigenvalue weighted by Crippen LogP contribution is -2.11. The summed E-state index contributed by atoms with van der Waals surface area (Å²) in [5.41, 5.74) is 2.44. The quantitative estimate of drug-likeness (QED) is 0.606. The van der Waals surface area contributed by atoms with Gasteiger partial charge in [0.05, 0.1) is 0 Å². The molecule has 2 aromatic carbocycles. The molecule has 3 nitrogen and oxygen atoms in total. The SMILES string of the molecule is Cc1cc(Br)ccc1NC(=O)c1cc2cc(Br)ccc2o1. The van der Waals surface area contributed by atoms with Crippen LogP contribution in [0.15, 0.2) is 55.8 Å². The van der Waals surface area contributed by atoms with Crippen LogP contribution in [0.4, 0.5) is 5.69 Å². The van der Waals surface area contributed by atoms with Crippen LogP contribution < -0.4 is 5.32 Å². The molecule has 0 atom stereocenters. The minimum atomic E-state index is -0.257. The Morgan fingerprint density at radius 2 is 1.76 bits per heavy atom. The average molecular weight is 409 g/mol. The number of rotatable bonds is 2. The van der Waals surface area contributed by atoms with Gasteiger partial charge in [0, 0.05) is 20.0 Å². The van der Waals surface area contributed by atoms with Gasteiger partial charge in [-0.15, -0.1) is 0 Å². The maximum Gasteiger partial charge on any atom is 0.291 e. The monoisotopic (exact) mass is 407 g/mol. The summed E-state index contributed by atoms with van der Waals surface area (Å²) >= 11 is 6.80. The molecular formula is C16H11Br2NO2. The summed E-state index contributed by atoms with van der Waals surface area (Å²) in [7, 11) is 0. The first-order chi connectivity index (χ1) is 10.0. The molecule has 0 unspecified atom stereocenters. The summed E-state index contributed by atoms with van der Waals surface area (Å²) in [4.78, 5) is 12.3. The zero-order chi connectivity index (χ0) is 15.0. The summed E-state index contributed by atoms with van der Waals surface area (Å²) in [5, 5.41) is 3.75. The average Bonchev–Trinajstić information content (AvgIpc) is 2.85. The Labute approximate surface area is 138 Å². The Hall–Kier alpha value is -1.59. The van der Waals surface area contributed by atoms with E-state index in [1.807, 2.05) is 43.3 Å². The van der Waals surface area contributed by atoms with Gasteiger partial charge >= 0.3 is 0 Å². The number of carbonyl (C=O) groups excluding carboxylic acids is 1. The van der Waals surface area contributed by atoms with Crippen LogP contribution in [0.2, 0.25) is 0 Å². The van der Waals surface area contributed by atoms with Gasteiger partial charge in [0.25, 0.3) is 5.91 Å². The number of hydrogen-bond acceptors (Lipinski definition) is 2. The maximum atomic E-state index is 12.3. The molecule has 0 saturated heterocycles. The molecule has 0 aliphatic heterocycles. The summed E-state index contributed by atoms with van der Waals surface area (Å²) < 4.78 is 7.51. The van der Waals surface area contributed by atoms with Crippen molar-refractivity contribution in [2.24, 2.45) is 0 Å². The van der Waals surface area contributed by atoms with E-state index in [0.717, 1.165) is 25.6 Å². The number of aryl methyl sites for hydroxylation is 1. The molecule has 1 aromatic heterocycles. The molecular weight excluding hydrogens is 398 g/mol. The van der Waals surface area contributed by atoms with E-state index in [2.05, 4.69) is 37.2 Å². The number of amides is 1. The Morgan fingerprint density at radius 3 is 2.52 bits per heavy atom. The number of anilines is 1. The number of nitrogens with one attached hydrogen (secondary N) is 1. The number of furan rings is 1. The van der Waals surface area contributed by atoms with Crippen LogP contribution >= 0.6 is 31.9 Å². The molecule has 0 fully saturated rings. The van der Waals surface area contributed by atoms with Gasteiger partial charge in [0.1, 0.15) is 5.58 Å². The second kappa shape index (κ2) is 5.66. The molecule has 1 heterocycles. The van der Waals surface area contributed by atoms with Crippen molar-refractivity contribution in [1.29, 1.82) is 0 Å². The van der Waals surface area contributed by atoms with Gasteiger partial charge in [-0.25, -0.2) is 0 Å². The highest BCUT2D eigenvalue weighted by atomic mass is 79.9. The smallest absolute Gasteiger partial charge is 0.291 e. The van der Waals surface area contributed by atoms with Gasteiger partial charge in [-0.1, -0.05) is 31.9 Å². The van der Waals surface area contributed by atoms with Crippen LogP contribution in [0.3, 0.4) is 0 Å². The van der Waals surface area contributed by atoms with E-state index in [1.54, 1.807) is 6.07 Å². The van der Waals surface area contributed by atoms with Crippen LogP contribution in [0.5, 0.6) is 0 Å². The lowest BCUT2D eigenvalue weighted by atomic mass is 10.2. The Balaban J connectivity index is 1.89. The van der Waals surface area contributed by atoms with Crippen LogP contribution in [0.25, 0.3) is 11.0 Å². The second-order valence-corrected chi connectivity index (χ2v) is 6.54. The number of hydrogen-bond donors (Lipinski definition) is 1. The molecule has 1 N–H and O–H groups in total. The summed E-state index contributed by atoms with van der Waals surface area (Å²) in [6.07, 6.45) is 0. The van der Waals surface area contributed by atoms with Gasteiger partial charge in [-0.3, -0.25) is 4.79 Å². The van der Waals surface area contributed by atoms with E-state index < -0.39 is 0 Å². The van der Waals surface area contributed by atoms with Crippen molar-refractivity contribution >= 4 is 54.4 Å². The zero-order valence-electron chi connectivity index (χ0n) is 11.1. The van der Waals surface area contributed by atoms with Crippen LogP contribution in [0.1, 0.15) is 16.1 Å². The highest BCUT2D eigenvalue weighted by molar-refractivity contribution is 9.10. The topological polar surface area (TPSA) is 42.2 Å². The largest absolute Gasteiger partial charge is 0.451 e. The highest BCUT2D eigenvalue weighted by Crippen LogP contribution is 2.25. The van der Waals surface area contributed by atoms with E-state index in [-0.39, 0.29) is 5.91 Å². The highest BCUT2D eigenvalue weighted by Gasteiger charge is 2.13. The predicted octanol–water partition coefficient (Wildman–Crippen LogP) is 5.52. The number of benzene rings is 2. The van der Waals surface area contributed by atoms with Crippen molar-refractivity contribution in [2.75, 3.05) is 5.32 Å². The fourth-order valence-electron chi connectivity index (χ4n) is 2.08. The van der Waals surface area contributed by atoms with Crippen LogP contribution in [-0.2, 0) is 0 Å². The molecule has 0 spiro atoms. The molecule has 21 heavy (non-hydrogen) atoms. The van der Waals surface area contributed by atoms with Crippen LogP contribution in [0, 0.1) is 6.92 Å². The molecule has 0 aliphatic carbocycles. The minimum Gasteiger partial charge on any atom is -0.451 e. The van der Waals surface area contributed by atoms with Crippen molar-refractivity contribution in [3.63, 3.8) is 0 Å². The molecule has 106 valence electrons. The third kappa shape index (κ3) is 3.04. The molecule has 0 bridgehead atoms. The predicted molar refractivity (Wildman–Crippen MR) is 90.7 cm³/mol. The normalized spacial score (nSPS) is 10.8.